The number of rotatable bonds is 6. The first kappa shape index (κ1) is 19.0. The third-order valence-electron chi connectivity index (χ3n) is 5.21. The van der Waals surface area contributed by atoms with E-state index in [1.165, 1.54) is 51.0 Å². The van der Waals surface area contributed by atoms with Gasteiger partial charge in [0.2, 0.25) is 0 Å². The predicted octanol–water partition coefficient (Wildman–Crippen LogP) is 2.59. The first-order valence-electron chi connectivity index (χ1n) is 9.74. The fourth-order valence-corrected chi connectivity index (χ4v) is 3.86. The molecule has 1 aromatic rings. The quantitative estimate of drug-likeness (QED) is 0.624. The summed E-state index contributed by atoms with van der Waals surface area (Å²) in [4.78, 5) is 9.39. The zero-order chi connectivity index (χ0) is 18.4. The summed E-state index contributed by atoms with van der Waals surface area (Å²) in [5, 5.41) is 3.42. The summed E-state index contributed by atoms with van der Waals surface area (Å²) in [5.74, 6) is 2.12. The normalized spacial score (nSPS) is 22.7. The fourth-order valence-electron chi connectivity index (χ4n) is 3.86. The van der Waals surface area contributed by atoms with E-state index in [1.807, 2.05) is 14.0 Å². The highest BCUT2D eigenvalue weighted by molar-refractivity contribution is 5.80. The van der Waals surface area contributed by atoms with E-state index in [1.54, 1.807) is 12.1 Å². The Hall–Kier alpha value is -1.82. The second kappa shape index (κ2) is 9.21. The summed E-state index contributed by atoms with van der Waals surface area (Å²) >= 11 is 0. The van der Waals surface area contributed by atoms with Crippen LogP contribution in [0.25, 0.3) is 0 Å². The van der Waals surface area contributed by atoms with Gasteiger partial charge < -0.3 is 19.9 Å². The van der Waals surface area contributed by atoms with E-state index in [-0.39, 0.29) is 11.9 Å². The molecule has 0 saturated carbocycles. The molecule has 2 aliphatic rings. The molecule has 0 bridgehead atoms. The maximum absolute atomic E-state index is 13.0. The van der Waals surface area contributed by atoms with Gasteiger partial charge in [-0.1, -0.05) is 0 Å². The Morgan fingerprint density at radius 1 is 1.27 bits per heavy atom. The Kier molecular flexibility index (Phi) is 6.72. The van der Waals surface area contributed by atoms with Crippen molar-refractivity contribution in [2.24, 2.45) is 10.9 Å². The molecule has 26 heavy (non-hydrogen) atoms. The third-order valence-corrected chi connectivity index (χ3v) is 5.21. The van der Waals surface area contributed by atoms with Crippen LogP contribution in [0.2, 0.25) is 0 Å². The van der Waals surface area contributed by atoms with Crippen molar-refractivity contribution in [1.29, 1.82) is 0 Å². The molecule has 0 aromatic heterocycles. The van der Waals surface area contributed by atoms with Crippen LogP contribution >= 0.6 is 0 Å². The van der Waals surface area contributed by atoms with Crippen molar-refractivity contribution in [3.8, 4) is 5.75 Å². The predicted molar refractivity (Wildman–Crippen MR) is 103 cm³/mol. The number of likely N-dealkylation sites (tertiary alicyclic amines) is 2. The molecular formula is C20H31FN4O. The van der Waals surface area contributed by atoms with E-state index in [0.717, 1.165) is 25.0 Å². The molecule has 144 valence electrons. The molecule has 0 aliphatic carbocycles. The van der Waals surface area contributed by atoms with Gasteiger partial charge in [-0.05, 0) is 69.5 Å². The van der Waals surface area contributed by atoms with Gasteiger partial charge in [0.05, 0.1) is 6.54 Å². The molecule has 3 rings (SSSR count). The average Bonchev–Trinajstić information content (AvgIpc) is 3.30. The summed E-state index contributed by atoms with van der Waals surface area (Å²) in [5.41, 5.74) is 0. The van der Waals surface area contributed by atoms with E-state index in [4.69, 9.17) is 4.74 Å². The number of ether oxygens (including phenoxy) is 1. The molecule has 5 nitrogen and oxygen atoms in total. The van der Waals surface area contributed by atoms with Crippen LogP contribution in [0.5, 0.6) is 5.75 Å². The van der Waals surface area contributed by atoms with E-state index in [2.05, 4.69) is 20.1 Å². The number of halogens is 1. The van der Waals surface area contributed by atoms with Crippen molar-refractivity contribution >= 4 is 5.96 Å². The summed E-state index contributed by atoms with van der Waals surface area (Å²) in [6, 6.07) is 6.15. The number of hydrogen-bond donors (Lipinski definition) is 1. The molecule has 2 heterocycles. The van der Waals surface area contributed by atoms with Crippen LogP contribution in [0.4, 0.5) is 4.39 Å². The van der Waals surface area contributed by atoms with Crippen molar-refractivity contribution in [2.45, 2.75) is 32.3 Å². The Bertz CT molecular complexity index is 586. The number of aliphatic imine (C=N–C) groups is 1. The Balaban J connectivity index is 1.42. The lowest BCUT2D eigenvalue weighted by molar-refractivity contribution is 0.222. The van der Waals surface area contributed by atoms with Gasteiger partial charge in [-0.15, -0.1) is 0 Å². The first-order chi connectivity index (χ1) is 12.6. The van der Waals surface area contributed by atoms with Crippen LogP contribution in [0.3, 0.4) is 0 Å². The highest BCUT2D eigenvalue weighted by atomic mass is 19.1. The smallest absolute Gasteiger partial charge is 0.193 e. The second-order valence-corrected chi connectivity index (χ2v) is 7.42. The maximum atomic E-state index is 13.0. The molecule has 1 N–H and O–H groups in total. The standard InChI is InChI=1S/C20H31FN4O/c1-16(26-19-7-5-18(21)6-8-19)13-23-20(22-2)25-12-9-17(15-25)14-24-10-3-4-11-24/h5-8,16-17H,3-4,9-15H2,1-2H3,(H,22,23). The van der Waals surface area contributed by atoms with Crippen LogP contribution in [0, 0.1) is 11.7 Å². The second-order valence-electron chi connectivity index (χ2n) is 7.42. The summed E-state index contributed by atoms with van der Waals surface area (Å²) < 4.78 is 18.8. The van der Waals surface area contributed by atoms with Gasteiger partial charge in [0.15, 0.2) is 5.96 Å². The molecule has 2 saturated heterocycles. The number of guanidine groups is 1. The van der Waals surface area contributed by atoms with Gasteiger partial charge in [0.25, 0.3) is 0 Å². The number of nitrogens with one attached hydrogen (secondary N) is 1. The van der Waals surface area contributed by atoms with Crippen LogP contribution < -0.4 is 10.1 Å². The van der Waals surface area contributed by atoms with Gasteiger partial charge in [-0.25, -0.2) is 4.39 Å². The molecule has 6 heteroatoms. The zero-order valence-corrected chi connectivity index (χ0v) is 16.0. The summed E-state index contributed by atoms with van der Waals surface area (Å²) in [7, 11) is 1.83. The van der Waals surface area contributed by atoms with Crippen LogP contribution in [-0.2, 0) is 0 Å². The van der Waals surface area contributed by atoms with Crippen LogP contribution in [-0.4, -0.2) is 68.2 Å². The Labute approximate surface area is 156 Å². The van der Waals surface area contributed by atoms with Gasteiger partial charge in [-0.2, -0.15) is 0 Å². The average molecular weight is 362 g/mol. The molecule has 1 aromatic carbocycles. The van der Waals surface area contributed by atoms with Crippen molar-refractivity contribution in [3.05, 3.63) is 30.1 Å². The molecular weight excluding hydrogens is 331 g/mol. The van der Waals surface area contributed by atoms with Gasteiger partial charge >= 0.3 is 0 Å². The molecule has 0 spiro atoms. The lowest BCUT2D eigenvalue weighted by atomic mass is 10.1. The van der Waals surface area contributed by atoms with Gasteiger partial charge in [0.1, 0.15) is 17.7 Å². The molecule has 2 unspecified atom stereocenters. The number of hydrogen-bond acceptors (Lipinski definition) is 3. The first-order valence-corrected chi connectivity index (χ1v) is 9.74. The Morgan fingerprint density at radius 2 is 2.00 bits per heavy atom. The third kappa shape index (κ3) is 5.34. The van der Waals surface area contributed by atoms with Crippen molar-refractivity contribution in [2.75, 3.05) is 46.3 Å². The lowest BCUT2D eigenvalue weighted by Gasteiger charge is -2.24. The van der Waals surface area contributed by atoms with Crippen LogP contribution in [0.15, 0.2) is 29.3 Å². The number of nitrogens with zero attached hydrogens (tertiary/aromatic N) is 3. The van der Waals surface area contributed by atoms with Crippen molar-refractivity contribution in [3.63, 3.8) is 0 Å². The maximum Gasteiger partial charge on any atom is 0.193 e. The fraction of sp³-hybridized carbons (Fsp3) is 0.650. The SMILES string of the molecule is CN=C(NCC(C)Oc1ccc(F)cc1)N1CCC(CN2CCCC2)C1. The monoisotopic (exact) mass is 362 g/mol. The topological polar surface area (TPSA) is 40.1 Å². The summed E-state index contributed by atoms with van der Waals surface area (Å²) in [6.07, 6.45) is 3.91. The molecule has 0 amide bonds. The minimum Gasteiger partial charge on any atom is -0.489 e. The van der Waals surface area contributed by atoms with Crippen molar-refractivity contribution in [1.82, 2.24) is 15.1 Å². The van der Waals surface area contributed by atoms with Gasteiger partial charge in [0, 0.05) is 26.7 Å². The van der Waals surface area contributed by atoms with E-state index < -0.39 is 0 Å². The molecule has 2 atom stereocenters. The zero-order valence-electron chi connectivity index (χ0n) is 16.0. The number of benzene rings is 1. The minimum atomic E-state index is -0.249. The van der Waals surface area contributed by atoms with Gasteiger partial charge in [-0.3, -0.25) is 4.99 Å². The van der Waals surface area contributed by atoms with E-state index in [0.29, 0.717) is 12.3 Å². The van der Waals surface area contributed by atoms with E-state index >= 15 is 0 Å². The largest absolute Gasteiger partial charge is 0.489 e. The van der Waals surface area contributed by atoms with Crippen molar-refractivity contribution < 1.29 is 9.13 Å². The molecule has 2 aliphatic heterocycles. The summed E-state index contributed by atoms with van der Waals surface area (Å²) in [6.45, 7) is 8.55. The molecule has 2 fully saturated rings. The minimum absolute atomic E-state index is 0.0276. The van der Waals surface area contributed by atoms with E-state index in [9.17, 15) is 4.39 Å². The molecule has 0 radical (unpaired) electrons. The highest BCUT2D eigenvalue weighted by Crippen LogP contribution is 2.20. The lowest BCUT2D eigenvalue weighted by Crippen LogP contribution is -2.44. The highest BCUT2D eigenvalue weighted by Gasteiger charge is 2.27. The Morgan fingerprint density at radius 3 is 2.69 bits per heavy atom. The van der Waals surface area contributed by atoms with Crippen LogP contribution in [0.1, 0.15) is 26.2 Å².